The normalized spacial score (nSPS) is 13.1. The van der Waals surface area contributed by atoms with Crippen molar-refractivity contribution in [3.8, 4) is 0 Å². The molecule has 0 bridgehead atoms. The van der Waals surface area contributed by atoms with Crippen LogP contribution in [-0.2, 0) is 6.18 Å². The van der Waals surface area contributed by atoms with Crippen molar-refractivity contribution in [3.05, 3.63) is 62.3 Å². The zero-order valence-corrected chi connectivity index (χ0v) is 13.4. The number of hydrogen-bond acceptors (Lipinski definition) is 3. The molecule has 1 atom stereocenters. The Morgan fingerprint density at radius 2 is 1.75 bits per heavy atom. The molecule has 24 heavy (non-hydrogen) atoms. The van der Waals surface area contributed by atoms with E-state index in [2.05, 4.69) is 10.3 Å². The first-order valence-corrected chi connectivity index (χ1v) is 7.39. The lowest BCUT2D eigenvalue weighted by Gasteiger charge is -2.20. The second kappa shape index (κ2) is 6.54. The number of aromatic nitrogens is 2. The quantitative estimate of drug-likeness (QED) is 0.897. The van der Waals surface area contributed by atoms with Crippen molar-refractivity contribution >= 4 is 5.82 Å². The van der Waals surface area contributed by atoms with Gasteiger partial charge in [0, 0.05) is 12.1 Å². The van der Waals surface area contributed by atoms with Crippen LogP contribution in [0.5, 0.6) is 0 Å². The molecule has 0 fully saturated rings. The lowest BCUT2D eigenvalue weighted by Crippen LogP contribution is -2.36. The molecule has 0 amide bonds. The summed E-state index contributed by atoms with van der Waals surface area (Å²) in [4.78, 5) is 26.4. The van der Waals surface area contributed by atoms with Gasteiger partial charge in [-0.3, -0.25) is 14.3 Å². The van der Waals surface area contributed by atoms with Gasteiger partial charge in [0.25, 0.3) is 5.56 Å². The Balaban J connectivity index is 2.37. The molecule has 1 aromatic heterocycles. The standard InChI is InChI=1S/C16H18F3N3O2/c1-9(2)22-14(23)8-13(21-15(22)24)20-10(3)11-6-4-5-7-12(11)16(17,18)19/h4-10,20H,1-3H3,(H,21,24)/t10-/m0/s1. The number of aromatic amines is 1. The minimum Gasteiger partial charge on any atom is -0.365 e. The Bertz CT molecular complexity index is 806. The highest BCUT2D eigenvalue weighted by Gasteiger charge is 2.34. The van der Waals surface area contributed by atoms with E-state index < -0.39 is 29.0 Å². The van der Waals surface area contributed by atoms with Gasteiger partial charge in [-0.2, -0.15) is 13.2 Å². The van der Waals surface area contributed by atoms with Crippen molar-refractivity contribution in [3.63, 3.8) is 0 Å². The molecule has 0 unspecified atom stereocenters. The van der Waals surface area contributed by atoms with Crippen LogP contribution in [0.15, 0.2) is 39.9 Å². The van der Waals surface area contributed by atoms with Crippen LogP contribution in [0.2, 0.25) is 0 Å². The van der Waals surface area contributed by atoms with Crippen LogP contribution >= 0.6 is 0 Å². The first-order chi connectivity index (χ1) is 11.1. The lowest BCUT2D eigenvalue weighted by atomic mass is 10.0. The van der Waals surface area contributed by atoms with E-state index in [0.717, 1.165) is 16.7 Å². The monoisotopic (exact) mass is 341 g/mol. The minimum absolute atomic E-state index is 0.0267. The van der Waals surface area contributed by atoms with Gasteiger partial charge in [-0.1, -0.05) is 18.2 Å². The fourth-order valence-electron chi connectivity index (χ4n) is 2.52. The SMILES string of the molecule is CC(C)n1c(=O)cc(N[C@@H](C)c2ccccc2C(F)(F)F)[nH]c1=O. The molecule has 130 valence electrons. The van der Waals surface area contributed by atoms with E-state index >= 15 is 0 Å². The average molecular weight is 341 g/mol. The number of rotatable bonds is 4. The molecule has 0 saturated carbocycles. The Morgan fingerprint density at radius 1 is 1.12 bits per heavy atom. The summed E-state index contributed by atoms with van der Waals surface area (Å²) >= 11 is 0. The van der Waals surface area contributed by atoms with E-state index in [1.165, 1.54) is 25.1 Å². The van der Waals surface area contributed by atoms with Gasteiger partial charge in [0.2, 0.25) is 0 Å². The van der Waals surface area contributed by atoms with Gasteiger partial charge in [-0.25, -0.2) is 4.79 Å². The second-order valence-corrected chi connectivity index (χ2v) is 5.74. The van der Waals surface area contributed by atoms with Gasteiger partial charge in [-0.05, 0) is 32.4 Å². The van der Waals surface area contributed by atoms with Crippen molar-refractivity contribution in [1.82, 2.24) is 9.55 Å². The van der Waals surface area contributed by atoms with Crippen LogP contribution in [-0.4, -0.2) is 9.55 Å². The number of anilines is 1. The number of nitrogens with zero attached hydrogens (tertiary/aromatic N) is 1. The Kier molecular flexibility index (Phi) is 4.86. The first-order valence-electron chi connectivity index (χ1n) is 7.39. The maximum absolute atomic E-state index is 13.1. The van der Waals surface area contributed by atoms with Crippen LogP contribution in [0.1, 0.15) is 44.0 Å². The molecule has 2 aromatic rings. The smallest absolute Gasteiger partial charge is 0.365 e. The van der Waals surface area contributed by atoms with Crippen LogP contribution in [0, 0.1) is 0 Å². The third-order valence-corrected chi connectivity index (χ3v) is 3.59. The molecular weight excluding hydrogens is 323 g/mol. The predicted octanol–water partition coefficient (Wildman–Crippen LogP) is 3.31. The molecule has 0 aliphatic carbocycles. The van der Waals surface area contributed by atoms with Crippen molar-refractivity contribution in [2.75, 3.05) is 5.32 Å². The highest BCUT2D eigenvalue weighted by molar-refractivity contribution is 5.40. The third-order valence-electron chi connectivity index (χ3n) is 3.59. The van der Waals surface area contributed by atoms with Crippen molar-refractivity contribution in [1.29, 1.82) is 0 Å². The summed E-state index contributed by atoms with van der Waals surface area (Å²) < 4.78 is 40.3. The number of benzene rings is 1. The topological polar surface area (TPSA) is 66.9 Å². The highest BCUT2D eigenvalue weighted by Crippen LogP contribution is 2.35. The maximum atomic E-state index is 13.1. The third kappa shape index (κ3) is 3.69. The van der Waals surface area contributed by atoms with Crippen LogP contribution in [0.25, 0.3) is 0 Å². The summed E-state index contributed by atoms with van der Waals surface area (Å²) in [6, 6.07) is 5.24. The molecule has 0 spiro atoms. The van der Waals surface area contributed by atoms with E-state index in [1.54, 1.807) is 13.8 Å². The highest BCUT2D eigenvalue weighted by atomic mass is 19.4. The number of H-pyrrole nitrogens is 1. The molecule has 2 rings (SSSR count). The predicted molar refractivity (Wildman–Crippen MR) is 85.2 cm³/mol. The maximum Gasteiger partial charge on any atom is 0.416 e. The van der Waals surface area contributed by atoms with Crippen LogP contribution < -0.4 is 16.6 Å². The first kappa shape index (κ1) is 17.8. The molecule has 0 saturated heterocycles. The van der Waals surface area contributed by atoms with Crippen LogP contribution in [0.3, 0.4) is 0 Å². The van der Waals surface area contributed by atoms with E-state index in [4.69, 9.17) is 0 Å². The summed E-state index contributed by atoms with van der Waals surface area (Å²) in [6.07, 6.45) is -4.49. The molecule has 5 nitrogen and oxygen atoms in total. The van der Waals surface area contributed by atoms with E-state index in [-0.39, 0.29) is 17.4 Å². The van der Waals surface area contributed by atoms with Crippen LogP contribution in [0.4, 0.5) is 19.0 Å². The number of halogens is 3. The number of hydrogen-bond donors (Lipinski definition) is 2. The Morgan fingerprint density at radius 3 is 2.29 bits per heavy atom. The minimum atomic E-state index is -4.49. The van der Waals surface area contributed by atoms with E-state index in [0.29, 0.717) is 0 Å². The summed E-state index contributed by atoms with van der Waals surface area (Å²) in [5.74, 6) is 0.0753. The number of alkyl halides is 3. The van der Waals surface area contributed by atoms with Gasteiger partial charge >= 0.3 is 11.9 Å². The molecule has 1 aromatic carbocycles. The molecule has 2 N–H and O–H groups in total. The summed E-state index contributed by atoms with van der Waals surface area (Å²) in [7, 11) is 0. The van der Waals surface area contributed by atoms with E-state index in [1.807, 2.05) is 0 Å². The molecule has 1 heterocycles. The van der Waals surface area contributed by atoms with Crippen molar-refractivity contribution in [2.24, 2.45) is 0 Å². The molecular formula is C16H18F3N3O2. The van der Waals surface area contributed by atoms with Crippen molar-refractivity contribution in [2.45, 2.75) is 39.0 Å². The molecule has 0 aliphatic rings. The zero-order chi connectivity index (χ0) is 18.1. The fourth-order valence-corrected chi connectivity index (χ4v) is 2.52. The molecule has 0 radical (unpaired) electrons. The van der Waals surface area contributed by atoms with Gasteiger partial charge in [-0.15, -0.1) is 0 Å². The van der Waals surface area contributed by atoms with Crippen molar-refractivity contribution < 1.29 is 13.2 Å². The van der Waals surface area contributed by atoms with Gasteiger partial charge in [0.15, 0.2) is 0 Å². The van der Waals surface area contributed by atoms with Gasteiger partial charge in [0.05, 0.1) is 11.6 Å². The second-order valence-electron chi connectivity index (χ2n) is 5.74. The largest absolute Gasteiger partial charge is 0.416 e. The molecule has 8 heteroatoms. The summed E-state index contributed by atoms with van der Waals surface area (Å²) in [5, 5.41) is 2.75. The molecule has 0 aliphatic heterocycles. The lowest BCUT2D eigenvalue weighted by molar-refractivity contribution is -0.138. The Labute approximate surface area is 136 Å². The fraction of sp³-hybridized carbons (Fsp3) is 0.375. The Hall–Kier alpha value is -2.51. The van der Waals surface area contributed by atoms with Gasteiger partial charge < -0.3 is 5.32 Å². The summed E-state index contributed by atoms with van der Waals surface area (Å²) in [6.45, 7) is 4.90. The van der Waals surface area contributed by atoms with E-state index in [9.17, 15) is 22.8 Å². The number of nitrogens with one attached hydrogen (secondary N) is 2. The van der Waals surface area contributed by atoms with Gasteiger partial charge in [0.1, 0.15) is 5.82 Å². The zero-order valence-electron chi connectivity index (χ0n) is 13.4. The summed E-state index contributed by atoms with van der Waals surface area (Å²) in [5.41, 5.74) is -1.87. The average Bonchev–Trinajstić information content (AvgIpc) is 2.45.